The van der Waals surface area contributed by atoms with Gasteiger partial charge >= 0.3 is 0 Å². The molecule has 2 rings (SSSR count). The monoisotopic (exact) mass is 304 g/mol. The molecule has 1 aromatic rings. The van der Waals surface area contributed by atoms with Gasteiger partial charge in [-0.2, -0.15) is 0 Å². The van der Waals surface area contributed by atoms with Crippen LogP contribution in [0, 0.1) is 5.92 Å². The Morgan fingerprint density at radius 3 is 2.68 bits per heavy atom. The Morgan fingerprint density at radius 1 is 1.36 bits per heavy atom. The van der Waals surface area contributed by atoms with Crippen LogP contribution in [0.1, 0.15) is 44.1 Å². The maximum absolute atomic E-state index is 10.6. The van der Waals surface area contributed by atoms with Gasteiger partial charge in [-0.05, 0) is 51.1 Å². The van der Waals surface area contributed by atoms with Crippen molar-refractivity contribution in [1.82, 2.24) is 10.3 Å². The highest BCUT2D eigenvalue weighted by molar-refractivity contribution is 5.72. The van der Waals surface area contributed by atoms with E-state index in [9.17, 15) is 4.79 Å². The number of nitrogens with zero attached hydrogens (tertiary/aromatic N) is 1. The minimum atomic E-state index is 0.383. The number of nitrogens with one attached hydrogen (secondary N) is 1. The molecule has 0 saturated heterocycles. The number of carbonyl (C=O) groups excluding carboxylic acids is 1. The number of rotatable bonds is 3. The SMILES string of the molecule is CC.CC1C=C(Oc2ccnc(C=O)c2)C=CCC1.CNC. The van der Waals surface area contributed by atoms with E-state index >= 15 is 0 Å². The molecule has 4 nitrogen and oxygen atoms in total. The fourth-order valence-corrected chi connectivity index (χ4v) is 1.74. The lowest BCUT2D eigenvalue weighted by Crippen LogP contribution is -1.96. The van der Waals surface area contributed by atoms with Crippen molar-refractivity contribution in [3.63, 3.8) is 0 Å². The highest BCUT2D eigenvalue weighted by Crippen LogP contribution is 2.20. The molecule has 1 aliphatic carbocycles. The molecule has 4 heteroatoms. The minimum absolute atomic E-state index is 0.383. The fourth-order valence-electron chi connectivity index (χ4n) is 1.74. The molecule has 0 saturated carbocycles. The molecule has 0 fully saturated rings. The smallest absolute Gasteiger partial charge is 0.168 e. The highest BCUT2D eigenvalue weighted by atomic mass is 16.5. The first-order valence-electron chi connectivity index (χ1n) is 7.75. The van der Waals surface area contributed by atoms with Crippen LogP contribution in [0.5, 0.6) is 5.75 Å². The number of carbonyl (C=O) groups is 1. The lowest BCUT2D eigenvalue weighted by molar-refractivity contribution is 0.111. The van der Waals surface area contributed by atoms with Gasteiger partial charge in [0.05, 0.1) is 0 Å². The van der Waals surface area contributed by atoms with Gasteiger partial charge in [0.15, 0.2) is 6.29 Å². The predicted molar refractivity (Wildman–Crippen MR) is 92.2 cm³/mol. The maximum atomic E-state index is 10.6. The summed E-state index contributed by atoms with van der Waals surface area (Å²) in [4.78, 5) is 14.5. The standard InChI is InChI=1S/C14H15NO2.C2H7N.C2H6/c1-11-4-2-3-5-13(8-11)17-14-6-7-15-12(9-14)10-16;1-3-2;1-2/h3,5-11H,2,4H2,1H3;3H,1-2H3;1-2H3. The number of aldehydes is 1. The quantitative estimate of drug-likeness (QED) is 0.857. The molecule has 1 N–H and O–H groups in total. The van der Waals surface area contributed by atoms with Crippen molar-refractivity contribution < 1.29 is 9.53 Å². The number of pyridine rings is 1. The van der Waals surface area contributed by atoms with Crippen LogP contribution in [-0.4, -0.2) is 25.4 Å². The van der Waals surface area contributed by atoms with Gasteiger partial charge in [-0.3, -0.25) is 9.78 Å². The van der Waals surface area contributed by atoms with E-state index < -0.39 is 0 Å². The van der Waals surface area contributed by atoms with Gasteiger partial charge in [0.2, 0.25) is 0 Å². The van der Waals surface area contributed by atoms with Gasteiger partial charge in [-0.1, -0.05) is 26.8 Å². The Balaban J connectivity index is 0.000000789. The molecule has 0 amide bonds. The number of ether oxygens (including phenoxy) is 1. The maximum Gasteiger partial charge on any atom is 0.168 e. The van der Waals surface area contributed by atoms with Crippen molar-refractivity contribution in [2.24, 2.45) is 5.92 Å². The molecule has 1 aliphatic rings. The molecule has 1 heterocycles. The summed E-state index contributed by atoms with van der Waals surface area (Å²) in [5.41, 5.74) is 0.383. The minimum Gasteiger partial charge on any atom is -0.458 e. The average Bonchev–Trinajstić information content (AvgIpc) is 2.74. The van der Waals surface area contributed by atoms with E-state index in [0.717, 1.165) is 18.6 Å². The van der Waals surface area contributed by atoms with Crippen LogP contribution in [0.25, 0.3) is 0 Å². The van der Waals surface area contributed by atoms with Crippen molar-refractivity contribution in [3.8, 4) is 5.75 Å². The Bertz CT molecular complexity index is 482. The van der Waals surface area contributed by atoms with E-state index in [1.807, 2.05) is 34.0 Å². The molecule has 0 aromatic carbocycles. The molecule has 1 aromatic heterocycles. The first kappa shape index (κ1) is 20.1. The number of hydrogen-bond donors (Lipinski definition) is 1. The summed E-state index contributed by atoms with van der Waals surface area (Å²) in [5.74, 6) is 1.98. The van der Waals surface area contributed by atoms with Gasteiger partial charge in [0.25, 0.3) is 0 Å². The van der Waals surface area contributed by atoms with E-state index in [2.05, 4.69) is 29.4 Å². The zero-order chi connectivity index (χ0) is 16.8. The normalized spacial score (nSPS) is 16.0. The van der Waals surface area contributed by atoms with Crippen molar-refractivity contribution >= 4 is 6.29 Å². The van der Waals surface area contributed by atoms with Gasteiger partial charge < -0.3 is 10.1 Å². The third kappa shape index (κ3) is 8.37. The van der Waals surface area contributed by atoms with Crippen LogP contribution >= 0.6 is 0 Å². The molecule has 0 bridgehead atoms. The largest absolute Gasteiger partial charge is 0.458 e. The zero-order valence-electron chi connectivity index (χ0n) is 14.3. The van der Waals surface area contributed by atoms with E-state index in [1.54, 1.807) is 18.3 Å². The Morgan fingerprint density at radius 2 is 2.05 bits per heavy atom. The highest BCUT2D eigenvalue weighted by Gasteiger charge is 2.06. The second-order valence-corrected chi connectivity index (χ2v) is 4.66. The van der Waals surface area contributed by atoms with E-state index in [4.69, 9.17) is 4.74 Å². The van der Waals surface area contributed by atoms with Crippen LogP contribution in [0.4, 0.5) is 0 Å². The van der Waals surface area contributed by atoms with Crippen molar-refractivity contribution in [1.29, 1.82) is 0 Å². The summed E-state index contributed by atoms with van der Waals surface area (Å²) in [5, 5.41) is 2.75. The van der Waals surface area contributed by atoms with Gasteiger partial charge in [0.1, 0.15) is 17.2 Å². The second kappa shape index (κ2) is 12.8. The van der Waals surface area contributed by atoms with E-state index in [1.165, 1.54) is 0 Å². The third-order valence-electron chi connectivity index (χ3n) is 2.63. The zero-order valence-corrected chi connectivity index (χ0v) is 14.3. The lowest BCUT2D eigenvalue weighted by Gasteiger charge is -2.07. The van der Waals surface area contributed by atoms with Crippen LogP contribution in [0.3, 0.4) is 0 Å². The lowest BCUT2D eigenvalue weighted by atomic mass is 10.1. The summed E-state index contributed by atoms with van der Waals surface area (Å²) in [7, 11) is 3.75. The summed E-state index contributed by atoms with van der Waals surface area (Å²) in [6, 6.07) is 3.38. The van der Waals surface area contributed by atoms with Gasteiger partial charge in [-0.25, -0.2) is 0 Å². The summed E-state index contributed by atoms with van der Waals surface area (Å²) in [6.45, 7) is 6.17. The molecule has 122 valence electrons. The van der Waals surface area contributed by atoms with Crippen LogP contribution in [0.2, 0.25) is 0 Å². The fraction of sp³-hybridized carbons (Fsp3) is 0.444. The predicted octanol–water partition coefficient (Wildman–Crippen LogP) is 4.00. The summed E-state index contributed by atoms with van der Waals surface area (Å²) in [6.07, 6.45) is 10.7. The van der Waals surface area contributed by atoms with Crippen molar-refractivity contribution in [2.45, 2.75) is 33.6 Å². The number of allylic oxidation sites excluding steroid dienone is 3. The van der Waals surface area contributed by atoms with Crippen LogP contribution in [-0.2, 0) is 0 Å². The van der Waals surface area contributed by atoms with Crippen LogP contribution in [0.15, 0.2) is 42.3 Å². The first-order valence-corrected chi connectivity index (χ1v) is 7.75. The Labute approximate surface area is 134 Å². The molecular weight excluding hydrogens is 276 g/mol. The topological polar surface area (TPSA) is 51.2 Å². The average molecular weight is 304 g/mol. The number of aromatic nitrogens is 1. The van der Waals surface area contributed by atoms with Gasteiger partial charge in [0, 0.05) is 12.3 Å². The molecule has 0 aliphatic heterocycles. The van der Waals surface area contributed by atoms with Crippen LogP contribution < -0.4 is 10.1 Å². The second-order valence-electron chi connectivity index (χ2n) is 4.66. The Hall–Kier alpha value is -1.94. The molecule has 22 heavy (non-hydrogen) atoms. The molecular formula is C18H28N2O2. The molecule has 0 radical (unpaired) electrons. The summed E-state index contributed by atoms with van der Waals surface area (Å²) >= 11 is 0. The van der Waals surface area contributed by atoms with Crippen molar-refractivity contribution in [2.75, 3.05) is 14.1 Å². The first-order chi connectivity index (χ1) is 10.7. The van der Waals surface area contributed by atoms with E-state index in [-0.39, 0.29) is 0 Å². The van der Waals surface area contributed by atoms with E-state index in [0.29, 0.717) is 23.6 Å². The Kier molecular flexibility index (Phi) is 11.6. The molecule has 0 spiro atoms. The van der Waals surface area contributed by atoms with Gasteiger partial charge in [-0.15, -0.1) is 0 Å². The molecule has 1 unspecified atom stereocenters. The molecule has 1 atom stereocenters. The van der Waals surface area contributed by atoms with Crippen molar-refractivity contribution in [3.05, 3.63) is 48.0 Å². The summed E-state index contributed by atoms with van der Waals surface area (Å²) < 4.78 is 5.72. The third-order valence-corrected chi connectivity index (χ3v) is 2.63. The number of hydrogen-bond acceptors (Lipinski definition) is 4.